The molecule has 140 valence electrons. The number of nitrogens with one attached hydrogen (secondary N) is 1. The van der Waals surface area contributed by atoms with Gasteiger partial charge in [0.05, 0.1) is 20.8 Å². The minimum Gasteiger partial charge on any atom is -0.497 e. The summed E-state index contributed by atoms with van der Waals surface area (Å²) in [5.74, 6) is 1.82. The van der Waals surface area contributed by atoms with Crippen molar-refractivity contribution < 1.29 is 19.0 Å². The van der Waals surface area contributed by atoms with Crippen LogP contribution in [0.15, 0.2) is 48.5 Å². The second-order valence-corrected chi connectivity index (χ2v) is 6.13. The van der Waals surface area contributed by atoms with Crippen molar-refractivity contribution in [2.75, 3.05) is 27.4 Å². The molecule has 5 heteroatoms. The Morgan fingerprint density at radius 2 is 1.69 bits per heavy atom. The van der Waals surface area contributed by atoms with E-state index < -0.39 is 0 Å². The first-order chi connectivity index (χ1) is 12.6. The molecular weight excluding hydrogens is 330 g/mol. The summed E-state index contributed by atoms with van der Waals surface area (Å²) >= 11 is 0. The Balaban J connectivity index is 1.69. The number of hydrogen-bond donors (Lipinski definition) is 1. The summed E-state index contributed by atoms with van der Waals surface area (Å²) in [7, 11) is 3.23. The molecule has 0 aromatic heterocycles. The van der Waals surface area contributed by atoms with Gasteiger partial charge in [-0.15, -0.1) is 0 Å². The van der Waals surface area contributed by atoms with Crippen molar-refractivity contribution in [1.82, 2.24) is 5.32 Å². The second kappa shape index (κ2) is 10.3. The zero-order chi connectivity index (χ0) is 18.8. The fourth-order valence-corrected chi connectivity index (χ4v) is 2.65. The van der Waals surface area contributed by atoms with E-state index in [4.69, 9.17) is 14.2 Å². The molecule has 2 aromatic carbocycles. The molecule has 1 unspecified atom stereocenters. The lowest BCUT2D eigenvalue weighted by Crippen LogP contribution is -2.27. The summed E-state index contributed by atoms with van der Waals surface area (Å²) in [5.41, 5.74) is 2.28. The van der Waals surface area contributed by atoms with E-state index in [9.17, 15) is 4.79 Å². The van der Waals surface area contributed by atoms with E-state index in [1.165, 1.54) is 5.56 Å². The van der Waals surface area contributed by atoms with Crippen LogP contribution in [0.25, 0.3) is 0 Å². The van der Waals surface area contributed by atoms with E-state index >= 15 is 0 Å². The van der Waals surface area contributed by atoms with E-state index in [1.54, 1.807) is 14.2 Å². The maximum absolute atomic E-state index is 11.8. The van der Waals surface area contributed by atoms with Gasteiger partial charge in [0.1, 0.15) is 11.5 Å². The van der Waals surface area contributed by atoms with Gasteiger partial charge in [-0.1, -0.05) is 37.3 Å². The summed E-state index contributed by atoms with van der Waals surface area (Å²) in [6.07, 6.45) is 1.08. The first-order valence-corrected chi connectivity index (χ1v) is 8.80. The Bertz CT molecular complexity index is 665. The van der Waals surface area contributed by atoms with Crippen molar-refractivity contribution in [3.63, 3.8) is 0 Å². The number of amides is 1. The number of methoxy groups -OCH3 is 2. The summed E-state index contributed by atoms with van der Waals surface area (Å²) < 4.78 is 15.8. The lowest BCUT2D eigenvalue weighted by Gasteiger charge is -2.12. The molecule has 2 aromatic rings. The van der Waals surface area contributed by atoms with Crippen LogP contribution in [0.5, 0.6) is 11.5 Å². The lowest BCUT2D eigenvalue weighted by molar-refractivity contribution is 0.143. The molecule has 0 heterocycles. The van der Waals surface area contributed by atoms with Crippen LogP contribution in [0.3, 0.4) is 0 Å². The molecule has 26 heavy (non-hydrogen) atoms. The number of hydrogen-bond acceptors (Lipinski definition) is 4. The maximum atomic E-state index is 11.8. The third-order valence-corrected chi connectivity index (χ3v) is 4.25. The molecule has 0 aliphatic rings. The van der Waals surface area contributed by atoms with E-state index in [0.29, 0.717) is 25.5 Å². The molecule has 1 N–H and O–H groups in total. The number of alkyl carbamates (subject to hydrolysis) is 1. The Labute approximate surface area is 155 Å². The van der Waals surface area contributed by atoms with Crippen molar-refractivity contribution >= 4 is 6.09 Å². The largest absolute Gasteiger partial charge is 0.497 e. The zero-order valence-electron chi connectivity index (χ0n) is 15.7. The standard InChI is InChI=1S/C21H27NO4/c1-16(18-7-5-4-6-8-18)10-12-26-21(23)22-11-9-17-13-19(24-2)15-20(14-17)25-3/h4-8,13-16H,9-12H2,1-3H3,(H,22,23). The van der Waals surface area contributed by atoms with Gasteiger partial charge >= 0.3 is 6.09 Å². The normalized spacial score (nSPS) is 11.5. The zero-order valence-corrected chi connectivity index (χ0v) is 15.7. The van der Waals surface area contributed by atoms with Crippen molar-refractivity contribution in [3.05, 3.63) is 59.7 Å². The van der Waals surface area contributed by atoms with Gasteiger partial charge in [0.25, 0.3) is 0 Å². The number of carbonyl (C=O) groups excluding carboxylic acids is 1. The van der Waals surface area contributed by atoms with Gasteiger partial charge in [-0.2, -0.15) is 0 Å². The van der Waals surface area contributed by atoms with Gasteiger partial charge in [-0.3, -0.25) is 0 Å². The smallest absolute Gasteiger partial charge is 0.407 e. The fourth-order valence-electron chi connectivity index (χ4n) is 2.65. The molecule has 0 bridgehead atoms. The van der Waals surface area contributed by atoms with Crippen LogP contribution in [0.1, 0.15) is 30.4 Å². The Kier molecular flexibility index (Phi) is 7.80. The maximum Gasteiger partial charge on any atom is 0.407 e. The van der Waals surface area contributed by atoms with Crippen molar-refractivity contribution in [2.45, 2.75) is 25.7 Å². The van der Waals surface area contributed by atoms with Gasteiger partial charge in [0.2, 0.25) is 0 Å². The second-order valence-electron chi connectivity index (χ2n) is 6.13. The quantitative estimate of drug-likeness (QED) is 0.732. The predicted molar refractivity (Wildman–Crippen MR) is 102 cm³/mol. The Morgan fingerprint density at radius 3 is 2.31 bits per heavy atom. The fraction of sp³-hybridized carbons (Fsp3) is 0.381. The summed E-state index contributed by atoms with van der Waals surface area (Å²) in [6.45, 7) is 3.02. The summed E-state index contributed by atoms with van der Waals surface area (Å²) in [4.78, 5) is 11.8. The highest BCUT2D eigenvalue weighted by Crippen LogP contribution is 2.22. The van der Waals surface area contributed by atoms with Crippen LogP contribution in [0.4, 0.5) is 4.79 Å². The van der Waals surface area contributed by atoms with E-state index in [2.05, 4.69) is 24.4 Å². The van der Waals surface area contributed by atoms with E-state index in [1.807, 2.05) is 36.4 Å². The lowest BCUT2D eigenvalue weighted by atomic mass is 9.98. The number of ether oxygens (including phenoxy) is 3. The van der Waals surface area contributed by atoms with E-state index in [-0.39, 0.29) is 6.09 Å². The first-order valence-electron chi connectivity index (χ1n) is 8.80. The minimum atomic E-state index is -0.389. The number of benzene rings is 2. The average Bonchev–Trinajstić information content (AvgIpc) is 2.68. The molecule has 0 saturated heterocycles. The first kappa shape index (κ1) is 19.6. The van der Waals surface area contributed by atoms with Crippen molar-refractivity contribution in [2.24, 2.45) is 0 Å². The highest BCUT2D eigenvalue weighted by atomic mass is 16.5. The molecule has 0 fully saturated rings. The van der Waals surface area contributed by atoms with Crippen LogP contribution in [-0.4, -0.2) is 33.5 Å². The summed E-state index contributed by atoms with van der Waals surface area (Å²) in [5, 5.41) is 2.78. The van der Waals surface area contributed by atoms with Crippen LogP contribution >= 0.6 is 0 Å². The van der Waals surface area contributed by atoms with Gasteiger partial charge in [-0.05, 0) is 42.0 Å². The molecule has 0 spiro atoms. The number of carbonyl (C=O) groups is 1. The third-order valence-electron chi connectivity index (χ3n) is 4.25. The molecule has 2 rings (SSSR count). The van der Waals surface area contributed by atoms with Crippen LogP contribution in [0, 0.1) is 0 Å². The van der Waals surface area contributed by atoms with E-state index in [0.717, 1.165) is 23.5 Å². The molecule has 5 nitrogen and oxygen atoms in total. The SMILES string of the molecule is COc1cc(CCNC(=O)OCCC(C)c2ccccc2)cc(OC)c1. The molecule has 0 saturated carbocycles. The molecule has 0 aliphatic heterocycles. The van der Waals surface area contributed by atoms with Crippen molar-refractivity contribution in [1.29, 1.82) is 0 Å². The molecule has 1 atom stereocenters. The molecular formula is C21H27NO4. The highest BCUT2D eigenvalue weighted by Gasteiger charge is 2.08. The molecule has 1 amide bonds. The number of rotatable bonds is 9. The van der Waals surface area contributed by atoms with Crippen LogP contribution in [0.2, 0.25) is 0 Å². The molecule has 0 radical (unpaired) electrons. The van der Waals surface area contributed by atoms with Gasteiger partial charge < -0.3 is 19.5 Å². The predicted octanol–water partition coefficient (Wildman–Crippen LogP) is 4.17. The van der Waals surface area contributed by atoms with Crippen LogP contribution < -0.4 is 14.8 Å². The topological polar surface area (TPSA) is 56.8 Å². The van der Waals surface area contributed by atoms with Crippen LogP contribution in [-0.2, 0) is 11.2 Å². The van der Waals surface area contributed by atoms with Crippen molar-refractivity contribution in [3.8, 4) is 11.5 Å². The highest BCUT2D eigenvalue weighted by molar-refractivity contribution is 5.67. The monoisotopic (exact) mass is 357 g/mol. The van der Waals surface area contributed by atoms with Gasteiger partial charge in [-0.25, -0.2) is 4.79 Å². The Hall–Kier alpha value is -2.69. The average molecular weight is 357 g/mol. The third kappa shape index (κ3) is 6.31. The summed E-state index contributed by atoms with van der Waals surface area (Å²) in [6, 6.07) is 15.9. The Morgan fingerprint density at radius 1 is 1.04 bits per heavy atom. The van der Waals surface area contributed by atoms with Gasteiger partial charge in [0.15, 0.2) is 0 Å². The molecule has 0 aliphatic carbocycles. The minimum absolute atomic E-state index is 0.355. The van der Waals surface area contributed by atoms with Gasteiger partial charge in [0, 0.05) is 12.6 Å².